The van der Waals surface area contributed by atoms with E-state index in [2.05, 4.69) is 29.2 Å². The number of nitrogens with one attached hydrogen (secondary N) is 1. The summed E-state index contributed by atoms with van der Waals surface area (Å²) in [6, 6.07) is 8.09. The van der Waals surface area contributed by atoms with Gasteiger partial charge in [-0.05, 0) is 64.8 Å². The second-order valence-electron chi connectivity index (χ2n) is 7.49. The molecule has 0 atom stereocenters. The van der Waals surface area contributed by atoms with E-state index < -0.39 is 0 Å². The molecule has 0 spiro atoms. The fourth-order valence-corrected chi connectivity index (χ4v) is 3.39. The van der Waals surface area contributed by atoms with Gasteiger partial charge in [0.25, 0.3) is 5.91 Å². The van der Waals surface area contributed by atoms with Crippen LogP contribution in [0.5, 0.6) is 5.75 Å². The molecule has 1 N–H and O–H groups in total. The molecule has 1 aliphatic heterocycles. The Balaban J connectivity index is 1.50. The van der Waals surface area contributed by atoms with Gasteiger partial charge >= 0.3 is 0 Å². The predicted molar refractivity (Wildman–Crippen MR) is 104 cm³/mol. The number of carbonyl (C=O) groups excluding carboxylic acids is 1. The van der Waals surface area contributed by atoms with E-state index in [1.807, 2.05) is 26.0 Å². The molecule has 0 bridgehead atoms. The Hall–Kier alpha value is -2.34. The van der Waals surface area contributed by atoms with Gasteiger partial charge in [0.05, 0.1) is 11.3 Å². The molecule has 0 unspecified atom stereocenters. The molecule has 0 aliphatic carbocycles. The summed E-state index contributed by atoms with van der Waals surface area (Å²) in [6.07, 6.45) is 2.01. The zero-order chi connectivity index (χ0) is 19.4. The number of hydrogen-bond acceptors (Lipinski definition) is 5. The largest absolute Gasteiger partial charge is 0.489 e. The van der Waals surface area contributed by atoms with Crippen molar-refractivity contribution in [1.29, 1.82) is 0 Å². The summed E-state index contributed by atoms with van der Waals surface area (Å²) < 4.78 is 10.9. The minimum atomic E-state index is -0.0183. The average molecular weight is 371 g/mol. The van der Waals surface area contributed by atoms with Gasteiger partial charge in [-0.2, -0.15) is 0 Å². The Labute approximate surface area is 160 Å². The van der Waals surface area contributed by atoms with Gasteiger partial charge in [-0.1, -0.05) is 5.16 Å². The molecule has 1 aromatic carbocycles. The number of piperidine rings is 1. The third kappa shape index (κ3) is 4.89. The van der Waals surface area contributed by atoms with Crippen molar-refractivity contribution in [3.05, 3.63) is 46.8 Å². The fourth-order valence-electron chi connectivity index (χ4n) is 3.39. The highest BCUT2D eigenvalue weighted by molar-refractivity contribution is 5.94. The second-order valence-corrected chi connectivity index (χ2v) is 7.49. The number of rotatable bonds is 6. The number of aromatic nitrogens is 1. The van der Waals surface area contributed by atoms with Crippen LogP contribution in [0.25, 0.3) is 0 Å². The van der Waals surface area contributed by atoms with Crippen molar-refractivity contribution in [2.45, 2.75) is 59.2 Å². The van der Waals surface area contributed by atoms with Crippen LogP contribution in [0.2, 0.25) is 0 Å². The van der Waals surface area contributed by atoms with Crippen LogP contribution >= 0.6 is 0 Å². The van der Waals surface area contributed by atoms with E-state index in [0.29, 0.717) is 18.2 Å². The van der Waals surface area contributed by atoms with Crippen LogP contribution < -0.4 is 10.1 Å². The number of hydrogen-bond donors (Lipinski definition) is 1. The predicted octanol–water partition coefficient (Wildman–Crippen LogP) is 3.47. The molecule has 0 radical (unpaired) electrons. The van der Waals surface area contributed by atoms with Crippen molar-refractivity contribution in [1.82, 2.24) is 15.4 Å². The summed E-state index contributed by atoms with van der Waals surface area (Å²) in [5.41, 5.74) is 2.46. The molecule has 2 heterocycles. The Morgan fingerprint density at radius 1 is 1.26 bits per heavy atom. The zero-order valence-electron chi connectivity index (χ0n) is 16.6. The zero-order valence-corrected chi connectivity index (χ0v) is 16.6. The molecule has 146 valence electrons. The van der Waals surface area contributed by atoms with Crippen LogP contribution in [0.4, 0.5) is 0 Å². The Bertz CT molecular complexity index is 740. The molecule has 1 aromatic heterocycles. The van der Waals surface area contributed by atoms with Crippen LogP contribution in [0.3, 0.4) is 0 Å². The first-order valence-corrected chi connectivity index (χ1v) is 9.63. The number of amides is 1. The monoisotopic (exact) mass is 371 g/mol. The number of carbonyl (C=O) groups is 1. The van der Waals surface area contributed by atoms with Gasteiger partial charge in [-0.3, -0.25) is 4.79 Å². The molecule has 1 aliphatic rings. The van der Waals surface area contributed by atoms with Gasteiger partial charge in [0.2, 0.25) is 0 Å². The number of aryl methyl sites for hydroxylation is 2. The lowest BCUT2D eigenvalue weighted by Crippen LogP contribution is -2.46. The molecule has 0 saturated carbocycles. The number of nitrogens with zero attached hydrogens (tertiary/aromatic N) is 2. The first-order chi connectivity index (χ1) is 12.9. The van der Waals surface area contributed by atoms with E-state index in [1.165, 1.54) is 0 Å². The van der Waals surface area contributed by atoms with E-state index in [0.717, 1.165) is 48.7 Å². The maximum atomic E-state index is 12.5. The van der Waals surface area contributed by atoms with E-state index in [1.54, 1.807) is 12.1 Å². The Kier molecular flexibility index (Phi) is 6.16. The first kappa shape index (κ1) is 19.4. The van der Waals surface area contributed by atoms with E-state index in [-0.39, 0.29) is 11.9 Å². The van der Waals surface area contributed by atoms with Gasteiger partial charge in [-0.25, -0.2) is 0 Å². The SMILES string of the molecule is Cc1noc(C)c1COc1ccc(C(=O)NC2CCN(C(C)C)CC2)cc1. The maximum Gasteiger partial charge on any atom is 0.251 e. The van der Waals surface area contributed by atoms with Crippen LogP contribution in [0.1, 0.15) is 54.1 Å². The van der Waals surface area contributed by atoms with Crippen molar-refractivity contribution >= 4 is 5.91 Å². The van der Waals surface area contributed by atoms with Gasteiger partial charge in [0.1, 0.15) is 18.1 Å². The minimum Gasteiger partial charge on any atom is -0.489 e. The molecular formula is C21H29N3O3. The van der Waals surface area contributed by atoms with Crippen LogP contribution in [-0.2, 0) is 6.61 Å². The summed E-state index contributed by atoms with van der Waals surface area (Å²) in [7, 11) is 0. The van der Waals surface area contributed by atoms with Gasteiger partial charge in [0.15, 0.2) is 0 Å². The summed E-state index contributed by atoms with van der Waals surface area (Å²) in [4.78, 5) is 14.9. The average Bonchev–Trinajstić information content (AvgIpc) is 2.98. The second kappa shape index (κ2) is 8.57. The van der Waals surface area contributed by atoms with Crippen molar-refractivity contribution < 1.29 is 14.1 Å². The Morgan fingerprint density at radius 2 is 1.93 bits per heavy atom. The molecule has 3 rings (SSSR count). The van der Waals surface area contributed by atoms with Crippen LogP contribution in [-0.4, -0.2) is 41.1 Å². The summed E-state index contributed by atoms with van der Waals surface area (Å²) in [5, 5.41) is 7.08. The third-order valence-corrected chi connectivity index (χ3v) is 5.28. The van der Waals surface area contributed by atoms with E-state index >= 15 is 0 Å². The number of ether oxygens (including phenoxy) is 1. The highest BCUT2D eigenvalue weighted by atomic mass is 16.5. The summed E-state index contributed by atoms with van der Waals surface area (Å²) in [6.45, 7) is 10.7. The van der Waals surface area contributed by atoms with Crippen LogP contribution in [0, 0.1) is 13.8 Å². The summed E-state index contributed by atoms with van der Waals surface area (Å²) in [5.74, 6) is 1.47. The molecule has 1 fully saturated rings. The summed E-state index contributed by atoms with van der Waals surface area (Å²) >= 11 is 0. The lowest BCUT2D eigenvalue weighted by molar-refractivity contribution is 0.0900. The standard InChI is InChI=1S/C21H29N3O3/c1-14(2)24-11-9-18(10-12-24)22-21(25)17-5-7-19(8-6-17)26-13-20-15(3)23-27-16(20)4/h5-8,14,18H,9-13H2,1-4H3,(H,22,25). The minimum absolute atomic E-state index is 0.0183. The fraction of sp³-hybridized carbons (Fsp3) is 0.524. The molecule has 1 saturated heterocycles. The maximum absolute atomic E-state index is 12.5. The Morgan fingerprint density at radius 3 is 2.48 bits per heavy atom. The molecule has 1 amide bonds. The van der Waals surface area contributed by atoms with Crippen molar-refractivity contribution in [3.63, 3.8) is 0 Å². The normalized spacial score (nSPS) is 15.9. The van der Waals surface area contributed by atoms with Crippen molar-refractivity contribution in [2.75, 3.05) is 13.1 Å². The number of likely N-dealkylation sites (tertiary alicyclic amines) is 1. The first-order valence-electron chi connectivity index (χ1n) is 9.63. The number of benzene rings is 1. The molecule has 27 heavy (non-hydrogen) atoms. The lowest BCUT2D eigenvalue weighted by Gasteiger charge is -2.34. The van der Waals surface area contributed by atoms with Crippen molar-refractivity contribution in [3.8, 4) is 5.75 Å². The third-order valence-electron chi connectivity index (χ3n) is 5.28. The van der Waals surface area contributed by atoms with Crippen LogP contribution in [0.15, 0.2) is 28.8 Å². The van der Waals surface area contributed by atoms with Gasteiger partial charge in [-0.15, -0.1) is 0 Å². The van der Waals surface area contributed by atoms with E-state index in [4.69, 9.17) is 9.26 Å². The molecule has 2 aromatic rings. The quantitative estimate of drug-likeness (QED) is 0.842. The highest BCUT2D eigenvalue weighted by Gasteiger charge is 2.22. The topological polar surface area (TPSA) is 67.6 Å². The van der Waals surface area contributed by atoms with Gasteiger partial charge < -0.3 is 19.5 Å². The van der Waals surface area contributed by atoms with E-state index in [9.17, 15) is 4.79 Å². The highest BCUT2D eigenvalue weighted by Crippen LogP contribution is 2.19. The van der Waals surface area contributed by atoms with Gasteiger partial charge in [0, 0.05) is 30.7 Å². The molecular weight excluding hydrogens is 342 g/mol. The molecule has 6 heteroatoms. The lowest BCUT2D eigenvalue weighted by atomic mass is 10.0. The molecule has 6 nitrogen and oxygen atoms in total. The van der Waals surface area contributed by atoms with Crippen molar-refractivity contribution in [2.24, 2.45) is 0 Å². The smallest absolute Gasteiger partial charge is 0.251 e.